The van der Waals surface area contributed by atoms with Crippen LogP contribution in [-0.2, 0) is 0 Å². The summed E-state index contributed by atoms with van der Waals surface area (Å²) in [5, 5.41) is 9.18. The van der Waals surface area contributed by atoms with E-state index < -0.39 is 0 Å². The van der Waals surface area contributed by atoms with Gasteiger partial charge >= 0.3 is 0 Å². The smallest absolute Gasteiger partial charge is 0.135 e. The average Bonchev–Trinajstić information content (AvgIpc) is 3.11. The van der Waals surface area contributed by atoms with Gasteiger partial charge in [-0.3, -0.25) is 0 Å². The third-order valence-electron chi connectivity index (χ3n) is 3.05. The third kappa shape index (κ3) is 2.86. The lowest BCUT2D eigenvalue weighted by molar-refractivity contribution is 0.689. The summed E-state index contributed by atoms with van der Waals surface area (Å²) >= 11 is 6.00. The Hall–Kier alpha value is -1.34. The van der Waals surface area contributed by atoms with Crippen LogP contribution in [0.4, 0.5) is 5.82 Å². The monoisotopic (exact) mass is 250 g/mol. The molecule has 1 aliphatic carbocycles. The van der Waals surface area contributed by atoms with E-state index in [2.05, 4.69) is 16.0 Å². The summed E-state index contributed by atoms with van der Waals surface area (Å²) in [7, 11) is 1.93. The van der Waals surface area contributed by atoms with E-state index in [-0.39, 0.29) is 6.04 Å². The van der Waals surface area contributed by atoms with Crippen LogP contribution < -0.4 is 4.90 Å². The molecule has 1 heterocycles. The molecule has 0 spiro atoms. The van der Waals surface area contributed by atoms with Crippen LogP contribution in [0, 0.1) is 11.3 Å². The van der Waals surface area contributed by atoms with Crippen LogP contribution >= 0.6 is 11.6 Å². The van der Waals surface area contributed by atoms with Crippen molar-refractivity contribution in [3.05, 3.63) is 17.0 Å². The van der Waals surface area contributed by atoms with Crippen molar-refractivity contribution in [3.63, 3.8) is 0 Å². The largest absolute Gasteiger partial charge is 0.356 e. The highest BCUT2D eigenvalue weighted by atomic mass is 35.5. The average molecular weight is 251 g/mol. The number of hydrogen-bond acceptors (Lipinski definition) is 4. The van der Waals surface area contributed by atoms with Gasteiger partial charge in [0.25, 0.3) is 0 Å². The van der Waals surface area contributed by atoms with E-state index in [4.69, 9.17) is 16.9 Å². The summed E-state index contributed by atoms with van der Waals surface area (Å²) in [6.45, 7) is 2.00. The molecule has 1 atom stereocenters. The van der Waals surface area contributed by atoms with E-state index >= 15 is 0 Å². The first-order valence-electron chi connectivity index (χ1n) is 5.76. The van der Waals surface area contributed by atoms with Gasteiger partial charge in [0, 0.05) is 25.1 Å². The van der Waals surface area contributed by atoms with Gasteiger partial charge in [-0.25, -0.2) is 9.97 Å². The quantitative estimate of drug-likeness (QED) is 0.771. The van der Waals surface area contributed by atoms with Crippen molar-refractivity contribution in [1.82, 2.24) is 9.97 Å². The maximum absolute atomic E-state index is 8.70. The van der Waals surface area contributed by atoms with Gasteiger partial charge in [0.05, 0.1) is 12.5 Å². The van der Waals surface area contributed by atoms with Crippen LogP contribution in [0.1, 0.15) is 37.9 Å². The predicted octanol–water partition coefficient (Wildman–Crippen LogP) is 2.75. The Morgan fingerprint density at radius 1 is 1.59 bits per heavy atom. The zero-order chi connectivity index (χ0) is 12.4. The Morgan fingerprint density at radius 2 is 2.29 bits per heavy atom. The molecule has 0 saturated heterocycles. The second-order valence-corrected chi connectivity index (χ2v) is 4.89. The van der Waals surface area contributed by atoms with Crippen LogP contribution in [0.5, 0.6) is 0 Å². The van der Waals surface area contributed by atoms with Crippen LogP contribution in [0.25, 0.3) is 0 Å². The molecule has 0 N–H and O–H groups in total. The zero-order valence-corrected chi connectivity index (χ0v) is 10.8. The standard InChI is InChI=1S/C12H15ClN4/c1-8(5-6-14)17(2)11-7-10(13)15-12(16-11)9-3-4-9/h7-9H,3-5H2,1-2H3. The van der Waals surface area contributed by atoms with Gasteiger partial charge in [-0.1, -0.05) is 11.6 Å². The molecule has 1 aliphatic rings. The Balaban J connectivity index is 2.22. The number of aromatic nitrogens is 2. The molecule has 0 radical (unpaired) electrons. The predicted molar refractivity (Wildman–Crippen MR) is 67.1 cm³/mol. The highest BCUT2D eigenvalue weighted by Crippen LogP contribution is 2.39. The molecule has 0 aromatic carbocycles. The number of nitrogens with zero attached hydrogens (tertiary/aromatic N) is 4. The lowest BCUT2D eigenvalue weighted by Gasteiger charge is -2.24. The van der Waals surface area contributed by atoms with Crippen LogP contribution in [0.15, 0.2) is 6.07 Å². The molecule has 1 aromatic heterocycles. The lowest BCUT2D eigenvalue weighted by atomic mass is 10.2. The highest BCUT2D eigenvalue weighted by molar-refractivity contribution is 6.29. The first kappa shape index (κ1) is 12.1. The van der Waals surface area contributed by atoms with Gasteiger partial charge in [-0.15, -0.1) is 0 Å². The van der Waals surface area contributed by atoms with Gasteiger partial charge in [0.2, 0.25) is 0 Å². The molecule has 4 nitrogen and oxygen atoms in total. The molecule has 1 saturated carbocycles. The van der Waals surface area contributed by atoms with Crippen molar-refractivity contribution >= 4 is 17.4 Å². The maximum Gasteiger partial charge on any atom is 0.135 e. The van der Waals surface area contributed by atoms with E-state index in [1.54, 1.807) is 6.07 Å². The second-order valence-electron chi connectivity index (χ2n) is 4.50. The normalized spacial score (nSPS) is 16.4. The summed E-state index contributed by atoms with van der Waals surface area (Å²) in [4.78, 5) is 10.7. The number of nitriles is 1. The van der Waals surface area contributed by atoms with Gasteiger partial charge in [-0.05, 0) is 19.8 Å². The summed E-state index contributed by atoms with van der Waals surface area (Å²) < 4.78 is 0. The van der Waals surface area contributed by atoms with Crippen molar-refractivity contribution < 1.29 is 0 Å². The van der Waals surface area contributed by atoms with E-state index in [0.29, 0.717) is 17.5 Å². The molecule has 1 unspecified atom stereocenters. The van der Waals surface area contributed by atoms with Gasteiger partial charge < -0.3 is 4.90 Å². The number of halogens is 1. The van der Waals surface area contributed by atoms with Crippen molar-refractivity contribution in [2.45, 2.75) is 38.1 Å². The van der Waals surface area contributed by atoms with Crippen LogP contribution in [0.2, 0.25) is 5.15 Å². The van der Waals surface area contributed by atoms with E-state index in [1.807, 2.05) is 18.9 Å². The summed E-state index contributed by atoms with van der Waals surface area (Å²) in [6, 6.07) is 4.04. The second kappa shape index (κ2) is 4.89. The maximum atomic E-state index is 8.70. The fraction of sp³-hybridized carbons (Fsp3) is 0.583. The number of rotatable bonds is 4. The first-order chi connectivity index (χ1) is 8.11. The van der Waals surface area contributed by atoms with Crippen molar-refractivity contribution in [3.8, 4) is 6.07 Å². The van der Waals surface area contributed by atoms with E-state index in [9.17, 15) is 0 Å². The van der Waals surface area contributed by atoms with E-state index in [0.717, 1.165) is 24.5 Å². The first-order valence-corrected chi connectivity index (χ1v) is 6.14. The number of hydrogen-bond donors (Lipinski definition) is 0. The zero-order valence-electron chi connectivity index (χ0n) is 10.0. The Labute approximate surface area is 106 Å². The molecular formula is C12H15ClN4. The molecule has 1 aromatic rings. The van der Waals surface area contributed by atoms with Crippen LogP contribution in [-0.4, -0.2) is 23.1 Å². The van der Waals surface area contributed by atoms with Crippen molar-refractivity contribution in [2.24, 2.45) is 0 Å². The molecule has 1 fully saturated rings. The Kier molecular flexibility index (Phi) is 3.49. The highest BCUT2D eigenvalue weighted by Gasteiger charge is 2.27. The van der Waals surface area contributed by atoms with Gasteiger partial charge in [0.1, 0.15) is 16.8 Å². The topological polar surface area (TPSA) is 52.8 Å². The van der Waals surface area contributed by atoms with Gasteiger partial charge in [0.15, 0.2) is 0 Å². The molecular weight excluding hydrogens is 236 g/mol. The van der Waals surface area contributed by atoms with Crippen molar-refractivity contribution in [2.75, 3.05) is 11.9 Å². The Morgan fingerprint density at radius 3 is 2.88 bits per heavy atom. The molecule has 0 amide bonds. The minimum absolute atomic E-state index is 0.123. The molecule has 90 valence electrons. The third-order valence-corrected chi connectivity index (χ3v) is 3.24. The van der Waals surface area contributed by atoms with E-state index in [1.165, 1.54) is 0 Å². The lowest BCUT2D eigenvalue weighted by Crippen LogP contribution is -2.29. The summed E-state index contributed by atoms with van der Waals surface area (Å²) in [5.74, 6) is 2.12. The molecule has 0 aliphatic heterocycles. The molecule has 17 heavy (non-hydrogen) atoms. The molecule has 2 rings (SSSR count). The molecule has 5 heteroatoms. The summed E-state index contributed by atoms with van der Waals surface area (Å²) in [5.41, 5.74) is 0. The Bertz CT molecular complexity index is 450. The van der Waals surface area contributed by atoms with Crippen molar-refractivity contribution in [1.29, 1.82) is 5.26 Å². The SMILES string of the molecule is CC(CC#N)N(C)c1cc(Cl)nc(C2CC2)n1. The molecule has 0 bridgehead atoms. The minimum atomic E-state index is 0.123. The fourth-order valence-corrected chi connectivity index (χ4v) is 1.81. The van der Waals surface area contributed by atoms with Crippen LogP contribution in [0.3, 0.4) is 0 Å². The fourth-order valence-electron chi connectivity index (χ4n) is 1.62. The minimum Gasteiger partial charge on any atom is -0.356 e. The van der Waals surface area contributed by atoms with Gasteiger partial charge in [-0.2, -0.15) is 5.26 Å². The summed E-state index contributed by atoms with van der Waals surface area (Å²) in [6.07, 6.45) is 2.77. The number of anilines is 1.